The molecule has 0 spiro atoms. The number of phenolic OH excluding ortho intramolecular Hbond substituents is 1. The number of hydrogen-bond donors (Lipinski definition) is 10. The van der Waals surface area contributed by atoms with E-state index in [9.17, 15) is 60.7 Å². The van der Waals surface area contributed by atoms with Gasteiger partial charge < -0.3 is 84.2 Å². The summed E-state index contributed by atoms with van der Waals surface area (Å²) in [5, 5.41) is 99.7. The van der Waals surface area contributed by atoms with E-state index in [4.69, 9.17) is 33.2 Å². The first-order valence-corrected chi connectivity index (χ1v) is 15.5. The molecule has 0 saturated carbocycles. The van der Waals surface area contributed by atoms with Gasteiger partial charge in [0.25, 0.3) is 0 Å². The third-order valence-corrected chi connectivity index (χ3v) is 8.36. The average Bonchev–Trinajstić information content (AvgIpc) is 3.10. The van der Waals surface area contributed by atoms with E-state index in [2.05, 4.69) is 0 Å². The number of phenols is 1. The van der Waals surface area contributed by atoms with Crippen LogP contribution in [0.5, 0.6) is 11.5 Å². The number of aliphatic hydroxyl groups is 9. The third-order valence-electron chi connectivity index (χ3n) is 8.36. The lowest BCUT2D eigenvalue weighted by Gasteiger charge is -2.41. The van der Waals surface area contributed by atoms with Gasteiger partial charge in [-0.1, -0.05) is 12.1 Å². The Hall–Kier alpha value is -3.44. The first-order valence-electron chi connectivity index (χ1n) is 15.5. The number of carbonyl (C=O) groups excluding carboxylic acids is 2. The number of aliphatic hydroxyl groups excluding tert-OH is 9. The fourth-order valence-electron chi connectivity index (χ4n) is 5.55. The van der Waals surface area contributed by atoms with Crippen LogP contribution in [0.2, 0.25) is 0 Å². The minimum absolute atomic E-state index is 0.0317. The van der Waals surface area contributed by atoms with Gasteiger partial charge in [0.05, 0.1) is 51.8 Å². The minimum atomic E-state index is -1.80. The monoisotopic (exact) mass is 718 g/mol. The molecule has 3 aliphatic heterocycles. The summed E-state index contributed by atoms with van der Waals surface area (Å²) in [6.07, 6.45) is -15.6. The molecular formula is C31H42O19. The van der Waals surface area contributed by atoms with Gasteiger partial charge in [-0.05, 0) is 17.7 Å². The molecule has 1 aromatic carbocycles. The van der Waals surface area contributed by atoms with E-state index in [0.29, 0.717) is 5.56 Å². The van der Waals surface area contributed by atoms with Crippen LogP contribution in [-0.4, -0.2) is 164 Å². The fourth-order valence-corrected chi connectivity index (χ4v) is 5.55. The molecule has 0 bridgehead atoms. The number of esters is 2. The number of rotatable bonds is 13. The van der Waals surface area contributed by atoms with Crippen LogP contribution in [0.15, 0.2) is 41.7 Å². The summed E-state index contributed by atoms with van der Waals surface area (Å²) in [4.78, 5) is 25.6. The number of hydrogen-bond acceptors (Lipinski definition) is 19. The zero-order valence-electron chi connectivity index (χ0n) is 26.7. The standard InChI is InChI=1S/C31H42O19/c1-44-28(43)16-12-46-29(50-31-27(42)25(40)23(38)20(11-34)49-31)14(4-6-32)15(16)9-21(36)45-7-5-13-2-3-18(17(35)8-13)47-30-26(41)24(39)22(37)19(10-33)48-30/h2-4,8,12,15,19-20,22-27,29-35,37-42H,5-7,9-11H2,1H3/b14-4+/t15-,19+,20-,22+,23+,24-,25-,26-,27-,29-,30+,31-/m0/s1. The Morgan fingerprint density at radius 3 is 2.06 bits per heavy atom. The van der Waals surface area contributed by atoms with Gasteiger partial charge in [-0.3, -0.25) is 4.79 Å². The predicted molar refractivity (Wildman–Crippen MR) is 160 cm³/mol. The second-order valence-electron chi connectivity index (χ2n) is 11.6. The number of carbonyl (C=O) groups is 2. The van der Waals surface area contributed by atoms with Crippen molar-refractivity contribution in [3.05, 3.63) is 47.2 Å². The Kier molecular flexibility index (Phi) is 13.9. The van der Waals surface area contributed by atoms with Gasteiger partial charge in [-0.2, -0.15) is 0 Å². The average molecular weight is 719 g/mol. The van der Waals surface area contributed by atoms with E-state index in [1.54, 1.807) is 0 Å². The topological polar surface area (TPSA) is 301 Å². The van der Waals surface area contributed by atoms with E-state index in [1.165, 1.54) is 24.3 Å². The molecule has 1 aromatic rings. The first-order chi connectivity index (χ1) is 23.8. The van der Waals surface area contributed by atoms with Crippen molar-refractivity contribution in [2.45, 2.75) is 80.5 Å². The molecule has 0 radical (unpaired) electrons. The molecule has 2 saturated heterocycles. The van der Waals surface area contributed by atoms with Crippen molar-refractivity contribution < 1.29 is 93.8 Å². The molecule has 0 amide bonds. The summed E-state index contributed by atoms with van der Waals surface area (Å²) in [7, 11) is 1.10. The lowest BCUT2D eigenvalue weighted by Crippen LogP contribution is -2.60. The van der Waals surface area contributed by atoms with Gasteiger partial charge in [0.1, 0.15) is 48.8 Å². The van der Waals surface area contributed by atoms with E-state index in [-0.39, 0.29) is 29.9 Å². The Labute approximate surface area is 284 Å². The molecular weight excluding hydrogens is 676 g/mol. The quantitative estimate of drug-likeness (QED) is 0.0683. The SMILES string of the molecule is COC(=O)C1=CO[C@@H](O[C@@H]2O[C@@H](CO)[C@@H](O)[C@H](O)[C@@H]2O)/C(=C/CO)[C@@H]1CC(=O)OCCc1ccc(O[C@@H]2O[C@H](CO)[C@@H](O)[C@H](O)[C@@H]2O)c(O)c1. The third kappa shape index (κ3) is 8.88. The zero-order valence-corrected chi connectivity index (χ0v) is 26.7. The van der Waals surface area contributed by atoms with Crippen LogP contribution in [0.3, 0.4) is 0 Å². The van der Waals surface area contributed by atoms with E-state index in [0.717, 1.165) is 13.4 Å². The largest absolute Gasteiger partial charge is 0.504 e. The molecule has 280 valence electrons. The maximum absolute atomic E-state index is 13.0. The molecule has 50 heavy (non-hydrogen) atoms. The van der Waals surface area contributed by atoms with Crippen molar-refractivity contribution in [3.8, 4) is 11.5 Å². The number of benzene rings is 1. The van der Waals surface area contributed by atoms with Gasteiger partial charge in [0, 0.05) is 17.9 Å². The van der Waals surface area contributed by atoms with Gasteiger partial charge in [-0.25, -0.2) is 4.79 Å². The molecule has 3 aliphatic rings. The van der Waals surface area contributed by atoms with Crippen LogP contribution in [0.1, 0.15) is 12.0 Å². The summed E-state index contributed by atoms with van der Waals surface area (Å²) in [6, 6.07) is 4.12. The maximum atomic E-state index is 13.0. The molecule has 2 fully saturated rings. The second kappa shape index (κ2) is 17.7. The van der Waals surface area contributed by atoms with E-state index >= 15 is 0 Å². The van der Waals surface area contributed by atoms with E-state index in [1.807, 2.05) is 0 Å². The normalized spacial score (nSPS) is 35.2. The fraction of sp³-hybridized carbons (Fsp3) is 0.613. The zero-order chi connectivity index (χ0) is 36.7. The van der Waals surface area contributed by atoms with Crippen LogP contribution in [-0.2, 0) is 44.4 Å². The highest BCUT2D eigenvalue weighted by Crippen LogP contribution is 2.36. The number of aromatic hydroxyl groups is 1. The van der Waals surface area contributed by atoms with Crippen LogP contribution < -0.4 is 4.74 Å². The van der Waals surface area contributed by atoms with Gasteiger partial charge in [0.2, 0.25) is 12.6 Å². The highest BCUT2D eigenvalue weighted by Gasteiger charge is 2.47. The molecule has 0 unspecified atom stereocenters. The lowest BCUT2D eigenvalue weighted by molar-refractivity contribution is -0.327. The van der Waals surface area contributed by atoms with Crippen molar-refractivity contribution in [1.82, 2.24) is 0 Å². The highest BCUT2D eigenvalue weighted by atomic mass is 16.8. The van der Waals surface area contributed by atoms with Gasteiger partial charge >= 0.3 is 11.9 Å². The van der Waals surface area contributed by atoms with Crippen LogP contribution >= 0.6 is 0 Å². The van der Waals surface area contributed by atoms with Crippen LogP contribution in [0.4, 0.5) is 0 Å². The molecule has 4 rings (SSSR count). The van der Waals surface area contributed by atoms with Crippen molar-refractivity contribution in [2.24, 2.45) is 5.92 Å². The van der Waals surface area contributed by atoms with Crippen molar-refractivity contribution in [2.75, 3.05) is 33.5 Å². The highest BCUT2D eigenvalue weighted by molar-refractivity contribution is 5.90. The summed E-state index contributed by atoms with van der Waals surface area (Å²) >= 11 is 0. The Bertz CT molecular complexity index is 1360. The molecule has 12 atom stereocenters. The molecule has 19 nitrogen and oxygen atoms in total. The van der Waals surface area contributed by atoms with Crippen LogP contribution in [0, 0.1) is 5.92 Å². The molecule has 10 N–H and O–H groups in total. The van der Waals surface area contributed by atoms with Crippen molar-refractivity contribution >= 4 is 11.9 Å². The maximum Gasteiger partial charge on any atom is 0.337 e. The summed E-state index contributed by atoms with van der Waals surface area (Å²) in [5.74, 6) is -3.37. The summed E-state index contributed by atoms with van der Waals surface area (Å²) in [6.45, 7) is -2.20. The summed E-state index contributed by atoms with van der Waals surface area (Å²) < 4.78 is 37.4. The molecule has 3 heterocycles. The lowest BCUT2D eigenvalue weighted by atomic mass is 9.86. The summed E-state index contributed by atoms with van der Waals surface area (Å²) in [5.41, 5.74) is 0.369. The molecule has 0 aliphatic carbocycles. The Morgan fingerprint density at radius 2 is 1.48 bits per heavy atom. The predicted octanol–water partition coefficient (Wildman–Crippen LogP) is -4.19. The van der Waals surface area contributed by atoms with E-state index < -0.39 is 118 Å². The van der Waals surface area contributed by atoms with Gasteiger partial charge in [-0.15, -0.1) is 0 Å². The Morgan fingerprint density at radius 1 is 0.860 bits per heavy atom. The Balaban J connectivity index is 1.39. The van der Waals surface area contributed by atoms with Gasteiger partial charge in [0.15, 0.2) is 17.8 Å². The van der Waals surface area contributed by atoms with Crippen molar-refractivity contribution in [1.29, 1.82) is 0 Å². The van der Waals surface area contributed by atoms with Crippen molar-refractivity contribution in [3.63, 3.8) is 0 Å². The molecule has 0 aromatic heterocycles. The van der Waals surface area contributed by atoms with Crippen LogP contribution in [0.25, 0.3) is 0 Å². The molecule has 19 heteroatoms. The smallest absolute Gasteiger partial charge is 0.337 e. The first kappa shape index (κ1) is 39.3. The number of methoxy groups -OCH3 is 1. The second-order valence-corrected chi connectivity index (χ2v) is 11.6. The number of ether oxygens (including phenoxy) is 7. The minimum Gasteiger partial charge on any atom is -0.504 e.